The van der Waals surface area contributed by atoms with Crippen LogP contribution < -0.4 is 5.73 Å². The fourth-order valence-corrected chi connectivity index (χ4v) is 1.16. The van der Waals surface area contributed by atoms with E-state index in [1.165, 1.54) is 6.08 Å². The van der Waals surface area contributed by atoms with Gasteiger partial charge >= 0.3 is 0 Å². The fraction of sp³-hybridized carbons (Fsp3) is 0.600. The Balaban J connectivity index is 0. The summed E-state index contributed by atoms with van der Waals surface area (Å²) in [6.07, 6.45) is 5.85. The van der Waals surface area contributed by atoms with Gasteiger partial charge in [0, 0.05) is 18.7 Å². The van der Waals surface area contributed by atoms with Crippen molar-refractivity contribution in [2.75, 3.05) is 13.1 Å². The Morgan fingerprint density at radius 1 is 1.16 bits per heavy atom. The van der Waals surface area contributed by atoms with Crippen LogP contribution in [0.25, 0.3) is 0 Å². The van der Waals surface area contributed by atoms with Gasteiger partial charge in [-0.05, 0) is 25.8 Å². The molecule has 0 radical (unpaired) electrons. The maximum Gasteiger partial charge on any atom is 0.245 e. The SMILES string of the molecule is C=C(C)C(N)=O.C=CC(=O)N(CCCC)CCCC. The summed E-state index contributed by atoms with van der Waals surface area (Å²) >= 11 is 0. The molecule has 0 saturated carbocycles. The summed E-state index contributed by atoms with van der Waals surface area (Å²) in [6.45, 7) is 14.4. The number of nitrogens with two attached hydrogens (primary N) is 1. The summed E-state index contributed by atoms with van der Waals surface area (Å²) in [4.78, 5) is 23.0. The molecule has 0 fully saturated rings. The highest BCUT2D eigenvalue weighted by atomic mass is 16.2. The molecule has 110 valence electrons. The molecule has 0 atom stereocenters. The zero-order valence-electron chi connectivity index (χ0n) is 12.6. The van der Waals surface area contributed by atoms with Crippen LogP contribution in [0.15, 0.2) is 24.8 Å². The van der Waals surface area contributed by atoms with Crippen molar-refractivity contribution in [1.29, 1.82) is 0 Å². The smallest absolute Gasteiger partial charge is 0.245 e. The Labute approximate surface area is 117 Å². The molecule has 0 aromatic carbocycles. The molecule has 0 aliphatic rings. The molecule has 0 heterocycles. The van der Waals surface area contributed by atoms with Crippen LogP contribution in [-0.2, 0) is 9.59 Å². The Morgan fingerprint density at radius 2 is 1.53 bits per heavy atom. The number of carbonyl (C=O) groups excluding carboxylic acids is 2. The van der Waals surface area contributed by atoms with Gasteiger partial charge in [-0.2, -0.15) is 0 Å². The molecule has 0 aliphatic heterocycles. The van der Waals surface area contributed by atoms with Crippen LogP contribution in [0.1, 0.15) is 46.5 Å². The first-order valence-corrected chi connectivity index (χ1v) is 6.77. The van der Waals surface area contributed by atoms with Crippen LogP contribution in [-0.4, -0.2) is 29.8 Å². The fourth-order valence-electron chi connectivity index (χ4n) is 1.16. The van der Waals surface area contributed by atoms with Crippen molar-refractivity contribution in [3.05, 3.63) is 24.8 Å². The number of primary amides is 1. The quantitative estimate of drug-likeness (QED) is 0.688. The topological polar surface area (TPSA) is 63.4 Å². The number of nitrogens with zero attached hydrogens (tertiary/aromatic N) is 1. The van der Waals surface area contributed by atoms with Gasteiger partial charge in [-0.3, -0.25) is 9.59 Å². The average Bonchev–Trinajstić information content (AvgIpc) is 2.38. The number of amides is 2. The van der Waals surface area contributed by atoms with Crippen LogP contribution in [0.4, 0.5) is 0 Å². The molecule has 0 rings (SSSR count). The van der Waals surface area contributed by atoms with Crippen LogP contribution in [0.2, 0.25) is 0 Å². The lowest BCUT2D eigenvalue weighted by Gasteiger charge is -2.20. The molecule has 0 bridgehead atoms. The van der Waals surface area contributed by atoms with Gasteiger partial charge in [0.1, 0.15) is 0 Å². The van der Waals surface area contributed by atoms with Gasteiger partial charge in [-0.1, -0.05) is 39.8 Å². The second kappa shape index (κ2) is 12.9. The van der Waals surface area contributed by atoms with E-state index in [-0.39, 0.29) is 5.91 Å². The Kier molecular flexibility index (Phi) is 13.4. The van der Waals surface area contributed by atoms with E-state index >= 15 is 0 Å². The van der Waals surface area contributed by atoms with E-state index in [0.717, 1.165) is 38.8 Å². The van der Waals surface area contributed by atoms with Crippen LogP contribution >= 0.6 is 0 Å². The van der Waals surface area contributed by atoms with Gasteiger partial charge in [0.2, 0.25) is 11.8 Å². The second-order valence-corrected chi connectivity index (χ2v) is 4.38. The first-order valence-electron chi connectivity index (χ1n) is 6.77. The summed E-state index contributed by atoms with van der Waals surface area (Å²) in [5.74, 6) is -0.364. The van der Waals surface area contributed by atoms with Crippen LogP contribution in [0.5, 0.6) is 0 Å². The molecule has 2 amide bonds. The Hall–Kier alpha value is -1.58. The van der Waals surface area contributed by atoms with Crippen LogP contribution in [0.3, 0.4) is 0 Å². The van der Waals surface area contributed by atoms with Crippen LogP contribution in [0, 0.1) is 0 Å². The average molecular weight is 268 g/mol. The summed E-state index contributed by atoms with van der Waals surface area (Å²) < 4.78 is 0. The van der Waals surface area contributed by atoms with Crippen molar-refractivity contribution in [3.8, 4) is 0 Å². The minimum Gasteiger partial charge on any atom is -0.366 e. The Morgan fingerprint density at radius 3 is 1.74 bits per heavy atom. The highest BCUT2D eigenvalue weighted by molar-refractivity contribution is 5.90. The lowest BCUT2D eigenvalue weighted by atomic mass is 10.2. The zero-order chi connectivity index (χ0) is 15.3. The standard InChI is InChI=1S/C11H21NO.C4H7NO/c1-4-7-9-12(10-8-5-2)11(13)6-3;1-3(2)4(5)6/h6H,3-5,7-10H2,1-2H3;1H2,2H3,(H2,5,6). The largest absolute Gasteiger partial charge is 0.366 e. The molecule has 0 saturated heterocycles. The van der Waals surface area contributed by atoms with E-state index in [4.69, 9.17) is 5.73 Å². The van der Waals surface area contributed by atoms with E-state index in [1.807, 2.05) is 4.90 Å². The maximum absolute atomic E-state index is 11.3. The molecule has 4 nitrogen and oxygen atoms in total. The lowest BCUT2D eigenvalue weighted by molar-refractivity contribution is -0.126. The third-order valence-corrected chi connectivity index (χ3v) is 2.47. The van der Waals surface area contributed by atoms with Gasteiger partial charge in [0.25, 0.3) is 0 Å². The summed E-state index contributed by atoms with van der Waals surface area (Å²) in [7, 11) is 0. The van der Waals surface area contributed by atoms with E-state index in [0.29, 0.717) is 5.57 Å². The number of hydrogen-bond donors (Lipinski definition) is 1. The van der Waals surface area contributed by atoms with Crippen molar-refractivity contribution < 1.29 is 9.59 Å². The molecular formula is C15H28N2O2. The van der Waals surface area contributed by atoms with E-state index in [9.17, 15) is 9.59 Å². The maximum atomic E-state index is 11.3. The molecule has 19 heavy (non-hydrogen) atoms. The van der Waals surface area contributed by atoms with Gasteiger partial charge in [-0.25, -0.2) is 0 Å². The third kappa shape index (κ3) is 12.7. The molecule has 0 aromatic rings. The molecule has 0 spiro atoms. The van der Waals surface area contributed by atoms with Crippen molar-refractivity contribution in [2.24, 2.45) is 5.73 Å². The second-order valence-electron chi connectivity index (χ2n) is 4.38. The molecule has 0 aromatic heterocycles. The molecule has 0 unspecified atom stereocenters. The van der Waals surface area contributed by atoms with Gasteiger partial charge in [-0.15, -0.1) is 0 Å². The van der Waals surface area contributed by atoms with Crippen molar-refractivity contribution >= 4 is 11.8 Å². The van der Waals surface area contributed by atoms with Gasteiger partial charge in [0.05, 0.1) is 0 Å². The predicted molar refractivity (Wildman–Crippen MR) is 80.6 cm³/mol. The third-order valence-electron chi connectivity index (χ3n) is 2.47. The van der Waals surface area contributed by atoms with Crippen molar-refractivity contribution in [1.82, 2.24) is 4.90 Å². The normalized spacial score (nSPS) is 9.00. The van der Waals surface area contributed by atoms with E-state index in [2.05, 4.69) is 27.0 Å². The van der Waals surface area contributed by atoms with Gasteiger partial charge < -0.3 is 10.6 Å². The minimum absolute atomic E-state index is 0.0712. The Bertz CT molecular complexity index is 279. The molecular weight excluding hydrogens is 240 g/mol. The first kappa shape index (κ1) is 19.8. The van der Waals surface area contributed by atoms with Crippen molar-refractivity contribution in [2.45, 2.75) is 46.5 Å². The first-order chi connectivity index (χ1) is 8.90. The highest BCUT2D eigenvalue weighted by Gasteiger charge is 2.07. The zero-order valence-corrected chi connectivity index (χ0v) is 12.6. The summed E-state index contributed by atoms with van der Waals surface area (Å²) in [6, 6.07) is 0. The molecule has 4 heteroatoms. The van der Waals surface area contributed by atoms with Gasteiger partial charge in [0.15, 0.2) is 0 Å². The van der Waals surface area contributed by atoms with E-state index in [1.54, 1.807) is 6.92 Å². The van der Waals surface area contributed by atoms with Crippen molar-refractivity contribution in [3.63, 3.8) is 0 Å². The minimum atomic E-state index is -0.435. The number of rotatable bonds is 8. The molecule has 2 N–H and O–H groups in total. The highest BCUT2D eigenvalue weighted by Crippen LogP contribution is 2.00. The summed E-state index contributed by atoms with van der Waals surface area (Å²) in [5.41, 5.74) is 5.09. The van der Waals surface area contributed by atoms with E-state index < -0.39 is 5.91 Å². The number of hydrogen-bond acceptors (Lipinski definition) is 2. The monoisotopic (exact) mass is 268 g/mol. The number of carbonyl (C=O) groups is 2. The molecule has 0 aliphatic carbocycles. The predicted octanol–water partition coefficient (Wildman–Crippen LogP) is 2.65. The lowest BCUT2D eigenvalue weighted by Crippen LogP contribution is -2.31. The summed E-state index contributed by atoms with van der Waals surface area (Å²) in [5, 5.41) is 0. The number of unbranched alkanes of at least 4 members (excludes halogenated alkanes) is 2.